The van der Waals surface area contributed by atoms with Crippen molar-refractivity contribution in [1.82, 2.24) is 10.2 Å². The van der Waals surface area contributed by atoms with Gasteiger partial charge in [-0.15, -0.1) is 0 Å². The summed E-state index contributed by atoms with van der Waals surface area (Å²) in [7, 11) is 3.19. The Morgan fingerprint density at radius 3 is 2.18 bits per heavy atom. The van der Waals surface area contributed by atoms with Crippen LogP contribution in [0.4, 0.5) is 0 Å². The molecule has 0 aliphatic rings. The summed E-state index contributed by atoms with van der Waals surface area (Å²) in [6.45, 7) is -0.129. The van der Waals surface area contributed by atoms with Gasteiger partial charge in [-0.1, -0.05) is 66.7 Å². The number of likely N-dealkylation sites (N-methyl/N-ethyl adjacent to an activating group) is 1. The highest BCUT2D eigenvalue weighted by molar-refractivity contribution is 5.97. The second-order valence-electron chi connectivity index (χ2n) is 7.75. The van der Waals surface area contributed by atoms with E-state index >= 15 is 0 Å². The zero-order valence-electron chi connectivity index (χ0n) is 19.3. The maximum absolute atomic E-state index is 12.9. The average Bonchev–Trinajstić information content (AvgIpc) is 2.88. The molecule has 34 heavy (non-hydrogen) atoms. The highest BCUT2D eigenvalue weighted by Gasteiger charge is 2.25. The Hall–Kier alpha value is -4.13. The van der Waals surface area contributed by atoms with Crippen molar-refractivity contribution in [3.05, 3.63) is 102 Å². The van der Waals surface area contributed by atoms with E-state index < -0.39 is 24.5 Å². The second kappa shape index (κ2) is 12.2. The zero-order chi connectivity index (χ0) is 24.3. The lowest BCUT2D eigenvalue weighted by atomic mass is 10.1. The van der Waals surface area contributed by atoms with Gasteiger partial charge in [0.1, 0.15) is 11.8 Å². The van der Waals surface area contributed by atoms with Crippen LogP contribution in [0.15, 0.2) is 84.9 Å². The van der Waals surface area contributed by atoms with Gasteiger partial charge in [-0.2, -0.15) is 0 Å². The molecule has 3 rings (SSSR count). The average molecular weight is 461 g/mol. The first-order chi connectivity index (χ1) is 16.5. The molecule has 0 bridgehead atoms. The summed E-state index contributed by atoms with van der Waals surface area (Å²) >= 11 is 0. The number of carbonyl (C=O) groups excluding carboxylic acids is 3. The number of ether oxygens (including phenoxy) is 2. The van der Waals surface area contributed by atoms with Crippen LogP contribution in [0.1, 0.15) is 21.5 Å². The molecule has 1 N–H and O–H groups in total. The van der Waals surface area contributed by atoms with Crippen molar-refractivity contribution < 1.29 is 23.9 Å². The van der Waals surface area contributed by atoms with Crippen molar-refractivity contribution in [2.45, 2.75) is 19.0 Å². The third-order valence-corrected chi connectivity index (χ3v) is 5.27. The number of esters is 1. The van der Waals surface area contributed by atoms with E-state index in [-0.39, 0.29) is 12.3 Å². The third-order valence-electron chi connectivity index (χ3n) is 5.27. The van der Waals surface area contributed by atoms with E-state index in [1.165, 1.54) is 4.90 Å². The van der Waals surface area contributed by atoms with Gasteiger partial charge in [-0.25, -0.2) is 4.79 Å². The maximum atomic E-state index is 12.9. The molecule has 3 aromatic rings. The number of nitrogens with zero attached hydrogens (tertiary/aromatic N) is 1. The molecule has 0 aliphatic carbocycles. The molecule has 2 amide bonds. The molecule has 0 saturated carbocycles. The number of rotatable bonds is 10. The molecule has 7 nitrogen and oxygen atoms in total. The predicted molar refractivity (Wildman–Crippen MR) is 128 cm³/mol. The first-order valence-corrected chi connectivity index (χ1v) is 10.9. The van der Waals surface area contributed by atoms with Gasteiger partial charge < -0.3 is 19.7 Å². The molecule has 0 saturated heterocycles. The summed E-state index contributed by atoms with van der Waals surface area (Å²) < 4.78 is 10.6. The van der Waals surface area contributed by atoms with Gasteiger partial charge in [0.05, 0.1) is 7.11 Å². The molecule has 1 atom stereocenters. The maximum Gasteiger partial charge on any atom is 0.329 e. The van der Waals surface area contributed by atoms with E-state index in [4.69, 9.17) is 9.47 Å². The molecule has 0 radical (unpaired) electrons. The molecule has 0 aliphatic heterocycles. The number of nitrogens with one attached hydrogen (secondary N) is 1. The summed E-state index contributed by atoms with van der Waals surface area (Å²) in [5.41, 5.74) is 2.13. The van der Waals surface area contributed by atoms with Crippen molar-refractivity contribution in [3.8, 4) is 5.75 Å². The normalized spacial score (nSPS) is 11.2. The summed E-state index contributed by atoms with van der Waals surface area (Å²) in [5.74, 6) is -0.761. The van der Waals surface area contributed by atoms with Crippen molar-refractivity contribution in [2.75, 3.05) is 20.8 Å². The van der Waals surface area contributed by atoms with Crippen LogP contribution in [0.5, 0.6) is 5.75 Å². The van der Waals surface area contributed by atoms with Gasteiger partial charge in [0.25, 0.3) is 11.8 Å². The van der Waals surface area contributed by atoms with Crippen LogP contribution in [0, 0.1) is 0 Å². The van der Waals surface area contributed by atoms with E-state index in [2.05, 4.69) is 5.32 Å². The van der Waals surface area contributed by atoms with Gasteiger partial charge in [0.2, 0.25) is 0 Å². The van der Waals surface area contributed by atoms with Crippen LogP contribution < -0.4 is 10.1 Å². The van der Waals surface area contributed by atoms with E-state index in [1.54, 1.807) is 44.5 Å². The molecular formula is C27H28N2O5. The third kappa shape index (κ3) is 6.93. The molecule has 0 aromatic heterocycles. The Kier molecular flexibility index (Phi) is 8.80. The van der Waals surface area contributed by atoms with Crippen LogP contribution in [0.25, 0.3) is 0 Å². The molecule has 0 heterocycles. The smallest absolute Gasteiger partial charge is 0.329 e. The monoisotopic (exact) mass is 460 g/mol. The number of hydrogen-bond acceptors (Lipinski definition) is 5. The minimum absolute atomic E-state index is 0.240. The zero-order valence-corrected chi connectivity index (χ0v) is 19.3. The minimum Gasteiger partial charge on any atom is -0.496 e. The number of amides is 2. The minimum atomic E-state index is -0.942. The SMILES string of the molecule is COc1ccccc1CN(C)C(=O)COC(=O)C(Cc1ccccc1)NC(=O)c1ccccc1. The Morgan fingerprint density at radius 2 is 1.50 bits per heavy atom. The van der Waals surface area contributed by atoms with Gasteiger partial charge in [-0.05, 0) is 23.8 Å². The van der Waals surface area contributed by atoms with Gasteiger partial charge >= 0.3 is 5.97 Å². The van der Waals surface area contributed by atoms with Crippen LogP contribution in [0.2, 0.25) is 0 Å². The van der Waals surface area contributed by atoms with E-state index in [9.17, 15) is 14.4 Å². The van der Waals surface area contributed by atoms with Crippen LogP contribution in [0.3, 0.4) is 0 Å². The quantitative estimate of drug-likeness (QED) is 0.470. The fourth-order valence-electron chi connectivity index (χ4n) is 3.40. The van der Waals surface area contributed by atoms with E-state index in [1.807, 2.05) is 54.6 Å². The van der Waals surface area contributed by atoms with Crippen LogP contribution in [-0.2, 0) is 27.3 Å². The van der Waals surface area contributed by atoms with Crippen LogP contribution >= 0.6 is 0 Å². The fourth-order valence-corrected chi connectivity index (χ4v) is 3.40. The molecule has 1 unspecified atom stereocenters. The molecule has 0 fully saturated rings. The fraction of sp³-hybridized carbons (Fsp3) is 0.222. The second-order valence-corrected chi connectivity index (χ2v) is 7.75. The number of benzene rings is 3. The molecular weight excluding hydrogens is 432 g/mol. The highest BCUT2D eigenvalue weighted by Crippen LogP contribution is 2.18. The largest absolute Gasteiger partial charge is 0.496 e. The van der Waals surface area contributed by atoms with Crippen molar-refractivity contribution in [2.24, 2.45) is 0 Å². The lowest BCUT2D eigenvalue weighted by molar-refractivity contribution is -0.153. The number of hydrogen-bond donors (Lipinski definition) is 1. The number of carbonyl (C=O) groups is 3. The topological polar surface area (TPSA) is 84.9 Å². The number of methoxy groups -OCH3 is 1. The first-order valence-electron chi connectivity index (χ1n) is 10.9. The van der Waals surface area contributed by atoms with Gasteiger partial charge in [0.15, 0.2) is 6.61 Å². The molecule has 176 valence electrons. The summed E-state index contributed by atoms with van der Waals surface area (Å²) in [6, 6.07) is 24.4. The predicted octanol–water partition coefficient (Wildman–Crippen LogP) is 3.24. The summed E-state index contributed by atoms with van der Waals surface area (Å²) in [6.07, 6.45) is 0.240. The first kappa shape index (κ1) is 24.5. The van der Waals surface area contributed by atoms with Gasteiger partial charge in [0, 0.05) is 31.1 Å². The summed E-state index contributed by atoms with van der Waals surface area (Å²) in [4.78, 5) is 39.6. The van der Waals surface area contributed by atoms with Crippen LogP contribution in [-0.4, -0.2) is 49.5 Å². The Morgan fingerprint density at radius 1 is 0.882 bits per heavy atom. The van der Waals surface area contributed by atoms with E-state index in [0.717, 1.165) is 11.1 Å². The molecule has 7 heteroatoms. The Balaban J connectivity index is 1.63. The molecule has 3 aromatic carbocycles. The standard InChI is InChI=1S/C27H28N2O5/c1-29(18-22-15-9-10-16-24(22)33-2)25(30)19-34-27(32)23(17-20-11-5-3-6-12-20)28-26(31)21-13-7-4-8-14-21/h3-16,23H,17-19H2,1-2H3,(H,28,31). The Bertz CT molecular complexity index is 1100. The highest BCUT2D eigenvalue weighted by atomic mass is 16.5. The van der Waals surface area contributed by atoms with E-state index in [0.29, 0.717) is 17.9 Å². The summed E-state index contributed by atoms with van der Waals surface area (Å²) in [5, 5.41) is 2.73. The Labute approximate surface area is 199 Å². The van der Waals surface area contributed by atoms with Crippen molar-refractivity contribution in [1.29, 1.82) is 0 Å². The van der Waals surface area contributed by atoms with Crippen molar-refractivity contribution in [3.63, 3.8) is 0 Å². The molecule has 0 spiro atoms. The number of para-hydroxylation sites is 1. The van der Waals surface area contributed by atoms with Gasteiger partial charge in [-0.3, -0.25) is 9.59 Å². The lowest BCUT2D eigenvalue weighted by Crippen LogP contribution is -2.44. The van der Waals surface area contributed by atoms with Crippen molar-refractivity contribution >= 4 is 17.8 Å². The lowest BCUT2D eigenvalue weighted by Gasteiger charge is -2.21.